The first kappa shape index (κ1) is 9.44. The molecule has 1 fully saturated rings. The molecule has 0 radical (unpaired) electrons. The molecule has 1 aliphatic rings. The van der Waals surface area contributed by atoms with Gasteiger partial charge in [0, 0.05) is 14.0 Å². The summed E-state index contributed by atoms with van der Waals surface area (Å²) >= 11 is 0. The van der Waals surface area contributed by atoms with E-state index in [4.69, 9.17) is 0 Å². The fourth-order valence-corrected chi connectivity index (χ4v) is 1.02. The molecule has 1 rings (SSSR count). The van der Waals surface area contributed by atoms with Gasteiger partial charge >= 0.3 is 0 Å². The summed E-state index contributed by atoms with van der Waals surface area (Å²) < 4.78 is 0. The summed E-state index contributed by atoms with van der Waals surface area (Å²) in [6.07, 6.45) is 0. The van der Waals surface area contributed by atoms with Crippen molar-refractivity contribution >= 4 is 17.7 Å². The summed E-state index contributed by atoms with van der Waals surface area (Å²) in [4.78, 5) is 35.5. The van der Waals surface area contributed by atoms with Crippen LogP contribution < -0.4 is 0 Å². The molecular weight excluding hydrogens is 172 g/mol. The molecule has 0 aliphatic carbocycles. The van der Waals surface area contributed by atoms with E-state index in [0.29, 0.717) is 0 Å². The van der Waals surface area contributed by atoms with E-state index >= 15 is 0 Å². The Kier molecular flexibility index (Phi) is 2.18. The molecule has 0 unspecified atom stereocenters. The lowest BCUT2D eigenvalue weighted by Gasteiger charge is -2.30. The molecular formula is C8H10N2O3. The summed E-state index contributed by atoms with van der Waals surface area (Å²) in [7, 11) is 1.46. The average Bonchev–Trinajstić information content (AvgIpc) is 2.07. The molecule has 0 aromatic carbocycles. The molecule has 0 N–H and O–H groups in total. The van der Waals surface area contributed by atoms with Gasteiger partial charge in [-0.05, 0) is 0 Å². The molecule has 1 aliphatic heterocycles. The molecule has 0 saturated carbocycles. The lowest BCUT2D eigenvalue weighted by Crippen LogP contribution is -2.51. The Morgan fingerprint density at radius 3 is 2.46 bits per heavy atom. The van der Waals surface area contributed by atoms with Gasteiger partial charge in [-0.3, -0.25) is 19.3 Å². The zero-order chi connectivity index (χ0) is 10.2. The highest BCUT2D eigenvalue weighted by molar-refractivity contribution is 6.10. The Labute approximate surface area is 75.6 Å². The summed E-state index contributed by atoms with van der Waals surface area (Å²) in [5, 5.41) is 0. The van der Waals surface area contributed by atoms with E-state index in [1.165, 1.54) is 14.0 Å². The van der Waals surface area contributed by atoms with E-state index in [0.717, 1.165) is 9.80 Å². The van der Waals surface area contributed by atoms with Gasteiger partial charge in [0.1, 0.15) is 12.2 Å². The summed E-state index contributed by atoms with van der Waals surface area (Å²) in [5.74, 6) is -1.25. The maximum absolute atomic E-state index is 11.3. The fraction of sp³-hybridized carbons (Fsp3) is 0.375. The Balaban J connectivity index is 2.95. The number of hydrogen-bond acceptors (Lipinski definition) is 3. The number of imide groups is 1. The summed E-state index contributed by atoms with van der Waals surface area (Å²) in [5.41, 5.74) is 0.0338. The molecule has 0 aromatic rings. The molecule has 13 heavy (non-hydrogen) atoms. The van der Waals surface area contributed by atoms with Gasteiger partial charge in [0.2, 0.25) is 11.8 Å². The van der Waals surface area contributed by atoms with Gasteiger partial charge in [-0.15, -0.1) is 0 Å². The van der Waals surface area contributed by atoms with Crippen molar-refractivity contribution in [1.29, 1.82) is 0 Å². The van der Waals surface area contributed by atoms with Crippen LogP contribution in [0.4, 0.5) is 0 Å². The third kappa shape index (κ3) is 1.44. The molecule has 3 amide bonds. The first-order chi connectivity index (χ1) is 5.95. The van der Waals surface area contributed by atoms with Crippen LogP contribution in [-0.4, -0.2) is 41.1 Å². The minimum atomic E-state index is -0.505. The zero-order valence-electron chi connectivity index (χ0n) is 7.53. The van der Waals surface area contributed by atoms with Crippen LogP contribution in [0.3, 0.4) is 0 Å². The highest BCUT2D eigenvalue weighted by atomic mass is 16.2. The second kappa shape index (κ2) is 3.01. The summed E-state index contributed by atoms with van der Waals surface area (Å²) in [6, 6.07) is 0. The van der Waals surface area contributed by atoms with Gasteiger partial charge in [-0.1, -0.05) is 6.58 Å². The largest absolute Gasteiger partial charge is 0.310 e. The van der Waals surface area contributed by atoms with E-state index in [-0.39, 0.29) is 18.1 Å². The average molecular weight is 182 g/mol. The van der Waals surface area contributed by atoms with Crippen LogP contribution in [0.25, 0.3) is 0 Å². The first-order valence-electron chi connectivity index (χ1n) is 3.73. The van der Waals surface area contributed by atoms with Crippen molar-refractivity contribution in [1.82, 2.24) is 9.80 Å². The van der Waals surface area contributed by atoms with Gasteiger partial charge < -0.3 is 4.90 Å². The van der Waals surface area contributed by atoms with Crippen LogP contribution in [-0.2, 0) is 14.4 Å². The van der Waals surface area contributed by atoms with E-state index in [9.17, 15) is 14.4 Å². The van der Waals surface area contributed by atoms with Crippen molar-refractivity contribution in [3.8, 4) is 0 Å². The van der Waals surface area contributed by atoms with Crippen LogP contribution in [0.5, 0.6) is 0 Å². The SMILES string of the molecule is C=C1C(=O)N(C(C)=O)CC(=O)N1C. The van der Waals surface area contributed by atoms with E-state index in [2.05, 4.69) is 6.58 Å². The predicted molar refractivity (Wildman–Crippen MR) is 44.3 cm³/mol. The summed E-state index contributed by atoms with van der Waals surface area (Å²) in [6.45, 7) is 4.47. The number of piperazine rings is 1. The number of carbonyl (C=O) groups is 3. The van der Waals surface area contributed by atoms with E-state index < -0.39 is 11.8 Å². The maximum Gasteiger partial charge on any atom is 0.277 e. The molecule has 1 heterocycles. The fourth-order valence-electron chi connectivity index (χ4n) is 1.02. The van der Waals surface area contributed by atoms with Gasteiger partial charge in [0.25, 0.3) is 5.91 Å². The van der Waals surface area contributed by atoms with Gasteiger partial charge in [0.15, 0.2) is 0 Å². The van der Waals surface area contributed by atoms with Crippen LogP contribution in [0, 0.1) is 0 Å². The number of amides is 3. The van der Waals surface area contributed by atoms with Crippen molar-refractivity contribution in [3.63, 3.8) is 0 Å². The normalized spacial score (nSPS) is 18.2. The van der Waals surface area contributed by atoms with Crippen LogP contribution >= 0.6 is 0 Å². The number of rotatable bonds is 0. The molecule has 0 atom stereocenters. The van der Waals surface area contributed by atoms with Crippen molar-refractivity contribution in [2.75, 3.05) is 13.6 Å². The van der Waals surface area contributed by atoms with Crippen LogP contribution in [0.1, 0.15) is 6.92 Å². The minimum Gasteiger partial charge on any atom is -0.310 e. The van der Waals surface area contributed by atoms with Crippen molar-refractivity contribution in [2.45, 2.75) is 6.92 Å². The maximum atomic E-state index is 11.3. The molecule has 0 bridgehead atoms. The van der Waals surface area contributed by atoms with Crippen molar-refractivity contribution in [2.24, 2.45) is 0 Å². The van der Waals surface area contributed by atoms with Crippen molar-refractivity contribution < 1.29 is 14.4 Å². The minimum absolute atomic E-state index is 0.0338. The Bertz CT molecular complexity index is 309. The lowest BCUT2D eigenvalue weighted by molar-refractivity contribution is -0.151. The number of likely N-dealkylation sites (N-methyl/N-ethyl adjacent to an activating group) is 1. The molecule has 5 nitrogen and oxygen atoms in total. The first-order valence-corrected chi connectivity index (χ1v) is 3.73. The van der Waals surface area contributed by atoms with Crippen LogP contribution in [0.2, 0.25) is 0 Å². The molecule has 0 aromatic heterocycles. The van der Waals surface area contributed by atoms with Crippen molar-refractivity contribution in [3.05, 3.63) is 12.3 Å². The quantitative estimate of drug-likeness (QED) is 0.468. The molecule has 0 spiro atoms. The smallest absolute Gasteiger partial charge is 0.277 e. The van der Waals surface area contributed by atoms with Gasteiger partial charge in [-0.2, -0.15) is 0 Å². The number of nitrogens with zero attached hydrogens (tertiary/aromatic N) is 2. The lowest BCUT2D eigenvalue weighted by atomic mass is 10.2. The van der Waals surface area contributed by atoms with E-state index in [1.54, 1.807) is 0 Å². The van der Waals surface area contributed by atoms with Crippen LogP contribution in [0.15, 0.2) is 12.3 Å². The molecule has 70 valence electrons. The third-order valence-corrected chi connectivity index (χ3v) is 1.94. The standard InChI is InChI=1S/C8H10N2O3/c1-5-8(13)10(6(2)11)4-7(12)9(5)3/h1,4H2,2-3H3. The Hall–Kier alpha value is -1.65. The topological polar surface area (TPSA) is 57.7 Å². The van der Waals surface area contributed by atoms with E-state index in [1.807, 2.05) is 0 Å². The Morgan fingerprint density at radius 1 is 1.46 bits per heavy atom. The second-order valence-electron chi connectivity index (χ2n) is 2.81. The Morgan fingerprint density at radius 2 is 2.00 bits per heavy atom. The second-order valence-corrected chi connectivity index (χ2v) is 2.81. The number of hydrogen-bond donors (Lipinski definition) is 0. The monoisotopic (exact) mass is 182 g/mol. The number of carbonyl (C=O) groups excluding carboxylic acids is 3. The van der Waals surface area contributed by atoms with Gasteiger partial charge in [-0.25, -0.2) is 0 Å². The predicted octanol–water partition coefficient (Wildman–Crippen LogP) is -0.653. The zero-order valence-corrected chi connectivity index (χ0v) is 7.53. The highest BCUT2D eigenvalue weighted by Gasteiger charge is 2.33. The van der Waals surface area contributed by atoms with Gasteiger partial charge in [0.05, 0.1) is 0 Å². The third-order valence-electron chi connectivity index (χ3n) is 1.94. The highest BCUT2D eigenvalue weighted by Crippen LogP contribution is 2.11. The molecule has 5 heteroatoms. The molecule has 1 saturated heterocycles.